The smallest absolute Gasteiger partial charge is 0.244 e. The molecule has 0 aromatic carbocycles. The summed E-state index contributed by atoms with van der Waals surface area (Å²) in [5.41, 5.74) is 5.57. The van der Waals surface area contributed by atoms with E-state index in [9.17, 15) is 4.79 Å². The largest absolute Gasteiger partial charge is 0.376 e. The third-order valence-corrected chi connectivity index (χ3v) is 1.67. The summed E-state index contributed by atoms with van der Waals surface area (Å²) in [6, 6.07) is 0. The van der Waals surface area contributed by atoms with Crippen LogP contribution >= 0.6 is 0 Å². The molecule has 1 fully saturated rings. The first-order valence-corrected chi connectivity index (χ1v) is 3.87. The molecular formula is C8H13NO3. The molecule has 68 valence electrons. The van der Waals surface area contributed by atoms with E-state index in [1.54, 1.807) is 13.0 Å². The Morgan fingerprint density at radius 2 is 2.33 bits per heavy atom. The Labute approximate surface area is 71.3 Å². The van der Waals surface area contributed by atoms with Crippen LogP contribution in [0.3, 0.4) is 0 Å². The minimum Gasteiger partial charge on any atom is -0.376 e. The number of carbonyl (C=O) groups excluding carboxylic acids is 1. The predicted octanol–water partition coefficient (Wildman–Crippen LogP) is -0.167. The number of hydrogen-bond acceptors (Lipinski definition) is 3. The number of rotatable bonds is 2. The molecule has 2 N–H and O–H groups in total. The van der Waals surface area contributed by atoms with Crippen LogP contribution in [0.2, 0.25) is 0 Å². The van der Waals surface area contributed by atoms with E-state index in [1.807, 2.05) is 0 Å². The van der Waals surface area contributed by atoms with Gasteiger partial charge < -0.3 is 15.2 Å². The molecule has 0 saturated carbocycles. The number of primary amides is 1. The zero-order chi connectivity index (χ0) is 8.97. The van der Waals surface area contributed by atoms with E-state index in [2.05, 4.69) is 0 Å². The van der Waals surface area contributed by atoms with Crippen LogP contribution < -0.4 is 5.73 Å². The highest BCUT2D eigenvalue weighted by Crippen LogP contribution is 2.04. The van der Waals surface area contributed by atoms with Crippen LogP contribution in [0, 0.1) is 0 Å². The minimum absolute atomic E-state index is 0.119. The summed E-state index contributed by atoms with van der Waals surface area (Å²) in [5, 5.41) is 0. The molecule has 1 saturated heterocycles. The minimum atomic E-state index is -0.413. The molecule has 1 amide bonds. The SMILES string of the molecule is CC(=CC1COCCO1)C(N)=O. The van der Waals surface area contributed by atoms with Gasteiger partial charge in [-0.1, -0.05) is 0 Å². The third-order valence-electron chi connectivity index (χ3n) is 1.67. The lowest BCUT2D eigenvalue weighted by Crippen LogP contribution is -2.28. The van der Waals surface area contributed by atoms with Gasteiger partial charge in [-0.05, 0) is 13.0 Å². The molecule has 0 aliphatic carbocycles. The summed E-state index contributed by atoms with van der Waals surface area (Å²) in [6.07, 6.45) is 1.58. The van der Waals surface area contributed by atoms with E-state index in [1.165, 1.54) is 0 Å². The third kappa shape index (κ3) is 2.64. The fourth-order valence-corrected chi connectivity index (χ4v) is 0.963. The number of carbonyl (C=O) groups is 1. The van der Waals surface area contributed by atoms with Crippen LogP contribution in [0.1, 0.15) is 6.92 Å². The maximum absolute atomic E-state index is 10.6. The summed E-state index contributed by atoms with van der Waals surface area (Å²) >= 11 is 0. The van der Waals surface area contributed by atoms with E-state index >= 15 is 0 Å². The van der Waals surface area contributed by atoms with Crippen molar-refractivity contribution in [2.75, 3.05) is 19.8 Å². The van der Waals surface area contributed by atoms with Crippen LogP contribution in [0.15, 0.2) is 11.6 Å². The summed E-state index contributed by atoms with van der Waals surface area (Å²) in [7, 11) is 0. The van der Waals surface area contributed by atoms with Gasteiger partial charge in [0.2, 0.25) is 5.91 Å². The normalized spacial score (nSPS) is 25.4. The Morgan fingerprint density at radius 3 is 2.83 bits per heavy atom. The molecule has 1 rings (SSSR count). The standard InChI is InChI=1S/C8H13NO3/c1-6(8(9)10)4-7-5-11-2-3-12-7/h4,7H,2-3,5H2,1H3,(H2,9,10). The highest BCUT2D eigenvalue weighted by Gasteiger charge is 2.12. The van der Waals surface area contributed by atoms with Gasteiger partial charge in [0.1, 0.15) is 0 Å². The second kappa shape index (κ2) is 4.23. The molecular weight excluding hydrogens is 158 g/mol. The summed E-state index contributed by atoms with van der Waals surface area (Å²) < 4.78 is 10.4. The van der Waals surface area contributed by atoms with E-state index in [-0.39, 0.29) is 6.10 Å². The second-order valence-corrected chi connectivity index (χ2v) is 2.70. The zero-order valence-electron chi connectivity index (χ0n) is 7.08. The Balaban J connectivity index is 2.47. The van der Waals surface area contributed by atoms with Crippen molar-refractivity contribution >= 4 is 5.91 Å². The van der Waals surface area contributed by atoms with Crippen LogP contribution in [-0.4, -0.2) is 31.8 Å². The molecule has 4 nitrogen and oxygen atoms in total. The molecule has 1 aliphatic rings. The molecule has 0 aromatic heterocycles. The first-order chi connectivity index (χ1) is 5.70. The van der Waals surface area contributed by atoms with Gasteiger partial charge in [0.05, 0.1) is 25.9 Å². The first kappa shape index (κ1) is 9.22. The van der Waals surface area contributed by atoms with Gasteiger partial charge in [0.25, 0.3) is 0 Å². The summed E-state index contributed by atoms with van der Waals surface area (Å²) in [4.78, 5) is 10.6. The fraction of sp³-hybridized carbons (Fsp3) is 0.625. The predicted molar refractivity (Wildman–Crippen MR) is 43.5 cm³/mol. The number of ether oxygens (including phenoxy) is 2. The average molecular weight is 171 g/mol. The molecule has 12 heavy (non-hydrogen) atoms. The van der Waals surface area contributed by atoms with Gasteiger partial charge in [0, 0.05) is 5.57 Å². The Kier molecular flexibility index (Phi) is 3.25. The molecule has 1 atom stereocenters. The molecule has 0 aromatic rings. The highest BCUT2D eigenvalue weighted by molar-refractivity contribution is 5.91. The number of nitrogens with two attached hydrogens (primary N) is 1. The lowest BCUT2D eigenvalue weighted by molar-refractivity contribution is -0.114. The van der Waals surface area contributed by atoms with Crippen molar-refractivity contribution in [3.8, 4) is 0 Å². The van der Waals surface area contributed by atoms with Gasteiger partial charge >= 0.3 is 0 Å². The molecule has 0 radical (unpaired) electrons. The van der Waals surface area contributed by atoms with Gasteiger partial charge in [0.15, 0.2) is 0 Å². The van der Waals surface area contributed by atoms with E-state index < -0.39 is 5.91 Å². The summed E-state index contributed by atoms with van der Waals surface area (Å²) in [5.74, 6) is -0.413. The van der Waals surface area contributed by atoms with Gasteiger partial charge in [-0.3, -0.25) is 4.79 Å². The number of hydrogen-bond donors (Lipinski definition) is 1. The molecule has 1 unspecified atom stereocenters. The number of amides is 1. The average Bonchev–Trinajstić information content (AvgIpc) is 2.06. The lowest BCUT2D eigenvalue weighted by Gasteiger charge is -2.20. The zero-order valence-corrected chi connectivity index (χ0v) is 7.08. The van der Waals surface area contributed by atoms with Crippen LogP contribution in [0.4, 0.5) is 0 Å². The van der Waals surface area contributed by atoms with E-state index in [0.29, 0.717) is 25.4 Å². The lowest BCUT2D eigenvalue weighted by atomic mass is 10.2. The van der Waals surface area contributed by atoms with Crippen LogP contribution in [0.25, 0.3) is 0 Å². The van der Waals surface area contributed by atoms with Crippen LogP contribution in [-0.2, 0) is 14.3 Å². The van der Waals surface area contributed by atoms with Gasteiger partial charge in [-0.15, -0.1) is 0 Å². The maximum Gasteiger partial charge on any atom is 0.244 e. The fourth-order valence-electron chi connectivity index (χ4n) is 0.963. The van der Waals surface area contributed by atoms with Gasteiger partial charge in [-0.2, -0.15) is 0 Å². The quantitative estimate of drug-likeness (QED) is 0.587. The molecule has 1 aliphatic heterocycles. The van der Waals surface area contributed by atoms with E-state index in [0.717, 1.165) is 0 Å². The van der Waals surface area contributed by atoms with Crippen molar-refractivity contribution < 1.29 is 14.3 Å². The Hall–Kier alpha value is -0.870. The van der Waals surface area contributed by atoms with Crippen LogP contribution in [0.5, 0.6) is 0 Å². The first-order valence-electron chi connectivity index (χ1n) is 3.87. The topological polar surface area (TPSA) is 61.6 Å². The monoisotopic (exact) mass is 171 g/mol. The van der Waals surface area contributed by atoms with Crippen molar-refractivity contribution in [1.82, 2.24) is 0 Å². The second-order valence-electron chi connectivity index (χ2n) is 2.70. The van der Waals surface area contributed by atoms with Crippen molar-refractivity contribution in [3.05, 3.63) is 11.6 Å². The highest BCUT2D eigenvalue weighted by atomic mass is 16.6. The van der Waals surface area contributed by atoms with E-state index in [4.69, 9.17) is 15.2 Å². The molecule has 0 spiro atoms. The Morgan fingerprint density at radius 1 is 1.58 bits per heavy atom. The van der Waals surface area contributed by atoms with Crippen molar-refractivity contribution in [3.63, 3.8) is 0 Å². The molecule has 0 bridgehead atoms. The van der Waals surface area contributed by atoms with Crippen molar-refractivity contribution in [2.45, 2.75) is 13.0 Å². The summed E-state index contributed by atoms with van der Waals surface area (Å²) in [6.45, 7) is 3.37. The van der Waals surface area contributed by atoms with Crippen molar-refractivity contribution in [2.24, 2.45) is 5.73 Å². The van der Waals surface area contributed by atoms with Gasteiger partial charge in [-0.25, -0.2) is 0 Å². The molecule has 1 heterocycles. The van der Waals surface area contributed by atoms with Crippen molar-refractivity contribution in [1.29, 1.82) is 0 Å². The molecule has 4 heteroatoms. The maximum atomic E-state index is 10.6. The Bertz CT molecular complexity index is 194.